The molecule has 0 aromatic heterocycles. The second kappa shape index (κ2) is 13.4. The molecular formula is C22H36OS. The van der Waals surface area contributed by atoms with E-state index in [4.69, 9.17) is 17.4 Å². The van der Waals surface area contributed by atoms with Crippen LogP contribution in [0.25, 0.3) is 5.57 Å². The fourth-order valence-corrected chi connectivity index (χ4v) is 3.42. The highest BCUT2D eigenvalue weighted by molar-refractivity contribution is 7.81. The largest absolute Gasteiger partial charge is 0.497 e. The number of methoxy groups -OCH3 is 1. The SMILES string of the molecule is C=C(CC(S)CCCCCCCCCCC)c1ccc(OC)cc1. The number of hydrogen-bond donors (Lipinski definition) is 1. The zero-order valence-corrected chi connectivity index (χ0v) is 16.6. The smallest absolute Gasteiger partial charge is 0.118 e. The van der Waals surface area contributed by atoms with Crippen LogP contribution in [0.3, 0.4) is 0 Å². The summed E-state index contributed by atoms with van der Waals surface area (Å²) in [6.45, 7) is 6.50. The number of allylic oxidation sites excluding steroid dienone is 1. The van der Waals surface area contributed by atoms with Gasteiger partial charge in [-0.1, -0.05) is 83.4 Å². The number of ether oxygens (including phenoxy) is 1. The molecule has 1 aromatic rings. The van der Waals surface area contributed by atoms with Crippen molar-refractivity contribution in [1.29, 1.82) is 0 Å². The van der Waals surface area contributed by atoms with Crippen molar-refractivity contribution in [2.24, 2.45) is 0 Å². The van der Waals surface area contributed by atoms with Crippen molar-refractivity contribution in [2.75, 3.05) is 7.11 Å². The molecule has 0 amide bonds. The topological polar surface area (TPSA) is 9.23 Å². The van der Waals surface area contributed by atoms with Crippen molar-refractivity contribution in [2.45, 2.75) is 82.8 Å². The van der Waals surface area contributed by atoms with Gasteiger partial charge >= 0.3 is 0 Å². The van der Waals surface area contributed by atoms with Crippen LogP contribution in [0.1, 0.15) is 83.1 Å². The molecule has 0 fully saturated rings. The van der Waals surface area contributed by atoms with Crippen LogP contribution in [-0.2, 0) is 0 Å². The van der Waals surface area contributed by atoms with E-state index >= 15 is 0 Å². The summed E-state index contributed by atoms with van der Waals surface area (Å²) in [6.07, 6.45) is 14.6. The molecule has 0 aliphatic rings. The van der Waals surface area contributed by atoms with Gasteiger partial charge in [0.15, 0.2) is 0 Å². The third-order valence-corrected chi connectivity index (χ3v) is 5.06. The summed E-state index contributed by atoms with van der Waals surface area (Å²) in [7, 11) is 1.69. The van der Waals surface area contributed by atoms with Crippen LogP contribution in [0.2, 0.25) is 0 Å². The van der Waals surface area contributed by atoms with Crippen molar-refractivity contribution in [3.63, 3.8) is 0 Å². The van der Waals surface area contributed by atoms with Crippen molar-refractivity contribution in [3.8, 4) is 5.75 Å². The third-order valence-electron chi connectivity index (χ3n) is 4.62. The lowest BCUT2D eigenvalue weighted by molar-refractivity contribution is 0.415. The van der Waals surface area contributed by atoms with E-state index in [1.54, 1.807) is 7.11 Å². The molecule has 0 N–H and O–H groups in total. The van der Waals surface area contributed by atoms with Gasteiger partial charge in [0, 0.05) is 5.25 Å². The summed E-state index contributed by atoms with van der Waals surface area (Å²) in [5.74, 6) is 0.892. The maximum atomic E-state index is 5.20. The molecule has 1 nitrogen and oxygen atoms in total. The average molecular weight is 349 g/mol. The Labute approximate surface area is 155 Å². The summed E-state index contributed by atoms with van der Waals surface area (Å²) in [6, 6.07) is 8.16. The summed E-state index contributed by atoms with van der Waals surface area (Å²) < 4.78 is 5.20. The predicted octanol–water partition coefficient (Wildman–Crippen LogP) is 7.32. The van der Waals surface area contributed by atoms with Gasteiger partial charge < -0.3 is 4.74 Å². The highest BCUT2D eigenvalue weighted by Gasteiger charge is 2.07. The van der Waals surface area contributed by atoms with Crippen molar-refractivity contribution in [1.82, 2.24) is 0 Å². The molecule has 136 valence electrons. The first-order valence-corrected chi connectivity index (χ1v) is 10.2. The van der Waals surface area contributed by atoms with Crippen molar-refractivity contribution in [3.05, 3.63) is 36.4 Å². The van der Waals surface area contributed by atoms with Crippen molar-refractivity contribution < 1.29 is 4.74 Å². The standard InChI is InChI=1S/C22H36OS/c1-4-5-6-7-8-9-10-11-12-13-22(24)18-19(2)20-14-16-21(23-3)17-15-20/h14-17,22,24H,2,4-13,18H2,1,3H3. The molecule has 0 heterocycles. The minimum absolute atomic E-state index is 0.421. The van der Waals surface area contributed by atoms with E-state index in [2.05, 4.69) is 25.6 Å². The number of unbranched alkanes of at least 4 members (excludes halogenated alkanes) is 8. The molecule has 0 aliphatic carbocycles. The van der Waals surface area contributed by atoms with Crippen LogP contribution in [0, 0.1) is 0 Å². The third kappa shape index (κ3) is 9.42. The highest BCUT2D eigenvalue weighted by Crippen LogP contribution is 2.25. The van der Waals surface area contributed by atoms with Crippen LogP contribution in [0.15, 0.2) is 30.8 Å². The Balaban J connectivity index is 2.08. The molecule has 24 heavy (non-hydrogen) atoms. The highest BCUT2D eigenvalue weighted by atomic mass is 32.1. The van der Waals surface area contributed by atoms with Gasteiger partial charge in [-0.3, -0.25) is 0 Å². The minimum Gasteiger partial charge on any atom is -0.497 e. The Morgan fingerprint density at radius 2 is 1.50 bits per heavy atom. The predicted molar refractivity (Wildman–Crippen MR) is 111 cm³/mol. The second-order valence-electron chi connectivity index (χ2n) is 6.81. The Kier molecular flexibility index (Phi) is 11.8. The first kappa shape index (κ1) is 21.2. The zero-order valence-electron chi connectivity index (χ0n) is 15.7. The Morgan fingerprint density at radius 3 is 2.04 bits per heavy atom. The maximum Gasteiger partial charge on any atom is 0.118 e. The second-order valence-corrected chi connectivity index (χ2v) is 7.54. The lowest BCUT2D eigenvalue weighted by Gasteiger charge is -2.13. The van der Waals surface area contributed by atoms with Gasteiger partial charge in [0.25, 0.3) is 0 Å². The van der Waals surface area contributed by atoms with Crippen molar-refractivity contribution >= 4 is 18.2 Å². The van der Waals surface area contributed by atoms with Gasteiger partial charge in [0.05, 0.1) is 7.11 Å². The number of rotatable bonds is 14. The van der Waals surface area contributed by atoms with E-state index in [1.807, 2.05) is 12.1 Å². The molecule has 0 aliphatic heterocycles. The monoisotopic (exact) mass is 348 g/mol. The molecule has 0 saturated carbocycles. The van der Waals surface area contributed by atoms with E-state index < -0.39 is 0 Å². The first-order chi connectivity index (χ1) is 11.7. The van der Waals surface area contributed by atoms with Gasteiger partial charge in [-0.2, -0.15) is 12.6 Å². The number of benzene rings is 1. The van der Waals surface area contributed by atoms with E-state index in [1.165, 1.54) is 75.3 Å². The van der Waals surface area contributed by atoms with Crippen LogP contribution >= 0.6 is 12.6 Å². The number of hydrogen-bond acceptors (Lipinski definition) is 2. The number of thiol groups is 1. The molecule has 0 saturated heterocycles. The van der Waals surface area contributed by atoms with Crippen LogP contribution in [0.5, 0.6) is 5.75 Å². The summed E-state index contributed by atoms with van der Waals surface area (Å²) in [5, 5.41) is 0.421. The van der Waals surface area contributed by atoms with E-state index in [0.29, 0.717) is 5.25 Å². The van der Waals surface area contributed by atoms with Gasteiger partial charge in [0.2, 0.25) is 0 Å². The van der Waals surface area contributed by atoms with Crippen LogP contribution < -0.4 is 4.74 Å². The molecule has 1 atom stereocenters. The van der Waals surface area contributed by atoms with Gasteiger partial charge in [-0.25, -0.2) is 0 Å². The fourth-order valence-electron chi connectivity index (χ4n) is 3.02. The Bertz CT molecular complexity index is 438. The van der Waals surface area contributed by atoms with Crippen LogP contribution in [-0.4, -0.2) is 12.4 Å². The maximum absolute atomic E-state index is 5.20. The summed E-state index contributed by atoms with van der Waals surface area (Å²) in [5.41, 5.74) is 2.37. The normalized spacial score (nSPS) is 12.1. The lowest BCUT2D eigenvalue weighted by Crippen LogP contribution is -2.00. The fraction of sp³-hybridized carbons (Fsp3) is 0.636. The van der Waals surface area contributed by atoms with E-state index in [9.17, 15) is 0 Å². The molecular weight excluding hydrogens is 312 g/mol. The molecule has 1 rings (SSSR count). The van der Waals surface area contributed by atoms with E-state index in [0.717, 1.165) is 12.2 Å². The van der Waals surface area contributed by atoms with Gasteiger partial charge in [-0.15, -0.1) is 0 Å². The average Bonchev–Trinajstić information content (AvgIpc) is 2.60. The zero-order chi connectivity index (χ0) is 17.6. The molecule has 0 spiro atoms. The van der Waals surface area contributed by atoms with Crippen LogP contribution in [0.4, 0.5) is 0 Å². The molecule has 1 unspecified atom stereocenters. The molecule has 0 bridgehead atoms. The molecule has 1 aromatic carbocycles. The molecule has 0 radical (unpaired) electrons. The minimum atomic E-state index is 0.421. The van der Waals surface area contributed by atoms with Gasteiger partial charge in [0.1, 0.15) is 5.75 Å². The first-order valence-electron chi connectivity index (χ1n) is 9.67. The quantitative estimate of drug-likeness (QED) is 0.274. The Hall–Kier alpha value is -0.890. The summed E-state index contributed by atoms with van der Waals surface area (Å²) in [4.78, 5) is 0. The Morgan fingerprint density at radius 1 is 0.958 bits per heavy atom. The lowest BCUT2D eigenvalue weighted by atomic mass is 9.99. The van der Waals surface area contributed by atoms with Gasteiger partial charge in [-0.05, 0) is 36.1 Å². The molecule has 2 heteroatoms. The van der Waals surface area contributed by atoms with E-state index in [-0.39, 0.29) is 0 Å². The summed E-state index contributed by atoms with van der Waals surface area (Å²) >= 11 is 4.75.